The molecule has 0 atom stereocenters. The quantitative estimate of drug-likeness (QED) is 0.549. The van der Waals surface area contributed by atoms with Crippen molar-refractivity contribution in [2.24, 2.45) is 0 Å². The number of ether oxygens (including phenoxy) is 3. The second kappa shape index (κ2) is 9.39. The zero-order chi connectivity index (χ0) is 19.1. The number of benzene rings is 2. The molecule has 3 aromatic rings. The van der Waals surface area contributed by atoms with E-state index >= 15 is 0 Å². The summed E-state index contributed by atoms with van der Waals surface area (Å²) in [5.74, 6) is 2.43. The number of hydrogen-bond acceptors (Lipinski definition) is 6. The van der Waals surface area contributed by atoms with Crippen LogP contribution in [-0.2, 0) is 6.54 Å². The van der Waals surface area contributed by atoms with Gasteiger partial charge < -0.3 is 14.2 Å². The molecule has 0 bridgehead atoms. The van der Waals surface area contributed by atoms with Crippen LogP contribution in [0.4, 0.5) is 0 Å². The van der Waals surface area contributed by atoms with Gasteiger partial charge in [0.1, 0.15) is 28.9 Å². The minimum absolute atomic E-state index is 0.643. The molecule has 0 unspecified atom stereocenters. The smallest absolute Gasteiger partial charge is 0.132 e. The van der Waals surface area contributed by atoms with Crippen molar-refractivity contribution in [2.45, 2.75) is 6.54 Å². The Morgan fingerprint density at radius 3 is 2.56 bits per heavy atom. The van der Waals surface area contributed by atoms with Gasteiger partial charge >= 0.3 is 0 Å². The molecule has 0 aliphatic heterocycles. The molecule has 0 N–H and O–H groups in total. The lowest BCUT2D eigenvalue weighted by molar-refractivity contribution is 0.231. The average molecular weight is 385 g/mol. The summed E-state index contributed by atoms with van der Waals surface area (Å²) in [6.07, 6.45) is 0. The lowest BCUT2D eigenvalue weighted by atomic mass is 10.2. The van der Waals surface area contributed by atoms with E-state index in [1.807, 2.05) is 48.5 Å². The second-order valence-electron chi connectivity index (χ2n) is 6.11. The molecule has 3 rings (SSSR count). The van der Waals surface area contributed by atoms with Gasteiger partial charge in [-0.15, -0.1) is 11.3 Å². The first-order valence-electron chi connectivity index (χ1n) is 8.73. The fourth-order valence-corrected chi connectivity index (χ4v) is 3.51. The van der Waals surface area contributed by atoms with E-state index in [-0.39, 0.29) is 0 Å². The van der Waals surface area contributed by atoms with Crippen molar-refractivity contribution in [3.05, 3.63) is 59.6 Å². The molecule has 0 aliphatic rings. The maximum atomic E-state index is 5.75. The molecule has 0 amide bonds. The normalized spacial score (nSPS) is 10.8. The first-order valence-corrected chi connectivity index (χ1v) is 9.60. The molecule has 0 radical (unpaired) electrons. The van der Waals surface area contributed by atoms with E-state index in [1.165, 1.54) is 0 Å². The predicted molar refractivity (Wildman–Crippen MR) is 109 cm³/mol. The number of rotatable bonds is 9. The predicted octanol–water partition coefficient (Wildman–Crippen LogP) is 4.34. The van der Waals surface area contributed by atoms with Gasteiger partial charge in [-0.25, -0.2) is 4.98 Å². The molecule has 0 fully saturated rings. The Morgan fingerprint density at radius 1 is 1.00 bits per heavy atom. The molecule has 142 valence electrons. The van der Waals surface area contributed by atoms with Crippen molar-refractivity contribution < 1.29 is 14.2 Å². The molecule has 1 heterocycles. The van der Waals surface area contributed by atoms with E-state index in [2.05, 4.69) is 17.3 Å². The van der Waals surface area contributed by atoms with Crippen LogP contribution in [0.15, 0.2) is 53.9 Å². The van der Waals surface area contributed by atoms with Crippen molar-refractivity contribution in [1.29, 1.82) is 0 Å². The van der Waals surface area contributed by atoms with Gasteiger partial charge in [0.15, 0.2) is 0 Å². The van der Waals surface area contributed by atoms with E-state index in [0.717, 1.165) is 46.6 Å². The van der Waals surface area contributed by atoms with Crippen LogP contribution in [0.5, 0.6) is 17.2 Å². The van der Waals surface area contributed by atoms with Crippen LogP contribution >= 0.6 is 11.3 Å². The monoisotopic (exact) mass is 384 g/mol. The summed E-state index contributed by atoms with van der Waals surface area (Å²) < 4.78 is 16.5. The van der Waals surface area contributed by atoms with Gasteiger partial charge in [-0.3, -0.25) is 4.90 Å². The van der Waals surface area contributed by atoms with E-state index < -0.39 is 0 Å². The van der Waals surface area contributed by atoms with Gasteiger partial charge in [0.25, 0.3) is 0 Å². The third-order valence-electron chi connectivity index (χ3n) is 4.11. The molecular formula is C21H24N2O3S. The molecule has 2 aromatic carbocycles. The highest BCUT2D eigenvalue weighted by molar-refractivity contribution is 7.13. The highest BCUT2D eigenvalue weighted by atomic mass is 32.1. The van der Waals surface area contributed by atoms with Crippen LogP contribution in [0.2, 0.25) is 0 Å². The van der Waals surface area contributed by atoms with Crippen LogP contribution in [-0.4, -0.2) is 44.3 Å². The lowest BCUT2D eigenvalue weighted by Crippen LogP contribution is -2.24. The summed E-state index contributed by atoms with van der Waals surface area (Å²) in [5, 5.41) is 3.03. The third kappa shape index (κ3) is 5.21. The first-order chi connectivity index (χ1) is 13.2. The fourth-order valence-electron chi connectivity index (χ4n) is 2.67. The number of hydrogen-bond donors (Lipinski definition) is 0. The van der Waals surface area contributed by atoms with Crippen molar-refractivity contribution in [2.75, 3.05) is 34.4 Å². The summed E-state index contributed by atoms with van der Waals surface area (Å²) in [5.41, 5.74) is 2.01. The van der Waals surface area contributed by atoms with Gasteiger partial charge in [0.2, 0.25) is 0 Å². The van der Waals surface area contributed by atoms with E-state index in [9.17, 15) is 0 Å². The van der Waals surface area contributed by atoms with Crippen LogP contribution < -0.4 is 14.2 Å². The molecule has 1 aromatic heterocycles. The Labute approximate surface area is 164 Å². The maximum absolute atomic E-state index is 5.75. The minimum atomic E-state index is 0.643. The molecular weight excluding hydrogens is 360 g/mol. The average Bonchev–Trinajstić information content (AvgIpc) is 3.16. The van der Waals surface area contributed by atoms with Crippen molar-refractivity contribution in [3.8, 4) is 27.8 Å². The summed E-state index contributed by atoms with van der Waals surface area (Å²) in [6.45, 7) is 2.24. The molecule has 0 saturated heterocycles. The summed E-state index contributed by atoms with van der Waals surface area (Å²) in [7, 11) is 5.38. The van der Waals surface area contributed by atoms with Gasteiger partial charge in [0.05, 0.1) is 25.5 Å². The van der Waals surface area contributed by atoms with Crippen LogP contribution in [0.25, 0.3) is 10.6 Å². The standard InChI is InChI=1S/C21H24N2O3S/c1-23(11-12-26-17-7-5-4-6-8-17)14-16-15-27-21(22-16)19-10-9-18(24-2)13-20(19)25-3/h4-10,13,15H,11-12,14H2,1-3H3. The zero-order valence-corrected chi connectivity index (χ0v) is 16.7. The largest absolute Gasteiger partial charge is 0.497 e. The summed E-state index contributed by atoms with van der Waals surface area (Å²) in [4.78, 5) is 6.97. The number of methoxy groups -OCH3 is 2. The topological polar surface area (TPSA) is 43.8 Å². The van der Waals surface area contributed by atoms with E-state index in [1.54, 1.807) is 25.6 Å². The summed E-state index contributed by atoms with van der Waals surface area (Å²) in [6, 6.07) is 15.7. The molecule has 27 heavy (non-hydrogen) atoms. The Bertz CT molecular complexity index is 852. The van der Waals surface area contributed by atoms with Crippen LogP contribution in [0.3, 0.4) is 0 Å². The van der Waals surface area contributed by atoms with Gasteiger partial charge in [0, 0.05) is 24.5 Å². The second-order valence-corrected chi connectivity index (χ2v) is 6.97. The van der Waals surface area contributed by atoms with Crippen molar-refractivity contribution >= 4 is 11.3 Å². The SMILES string of the molecule is COc1ccc(-c2nc(CN(C)CCOc3ccccc3)cs2)c(OC)c1. The Hall–Kier alpha value is -2.57. The van der Waals surface area contributed by atoms with Gasteiger partial charge in [-0.1, -0.05) is 18.2 Å². The van der Waals surface area contributed by atoms with Gasteiger partial charge in [-0.2, -0.15) is 0 Å². The van der Waals surface area contributed by atoms with Crippen LogP contribution in [0, 0.1) is 0 Å². The Balaban J connectivity index is 1.57. The minimum Gasteiger partial charge on any atom is -0.497 e. The number of thiazole rings is 1. The molecule has 0 saturated carbocycles. The number of likely N-dealkylation sites (N-methyl/N-ethyl adjacent to an activating group) is 1. The maximum Gasteiger partial charge on any atom is 0.132 e. The molecule has 0 aliphatic carbocycles. The molecule has 5 nitrogen and oxygen atoms in total. The van der Waals surface area contributed by atoms with Gasteiger partial charge in [-0.05, 0) is 31.3 Å². The van der Waals surface area contributed by atoms with Crippen molar-refractivity contribution in [3.63, 3.8) is 0 Å². The Morgan fingerprint density at radius 2 is 1.81 bits per heavy atom. The first kappa shape index (κ1) is 19.2. The van der Waals surface area contributed by atoms with Crippen molar-refractivity contribution in [1.82, 2.24) is 9.88 Å². The number of para-hydroxylation sites is 1. The van der Waals surface area contributed by atoms with Crippen LogP contribution in [0.1, 0.15) is 5.69 Å². The number of nitrogens with zero attached hydrogens (tertiary/aromatic N) is 2. The zero-order valence-electron chi connectivity index (χ0n) is 15.8. The molecule has 6 heteroatoms. The van der Waals surface area contributed by atoms with E-state index in [0.29, 0.717) is 6.61 Å². The highest BCUT2D eigenvalue weighted by Crippen LogP contribution is 2.35. The summed E-state index contributed by atoms with van der Waals surface area (Å²) >= 11 is 1.62. The molecule has 0 spiro atoms. The van der Waals surface area contributed by atoms with E-state index in [4.69, 9.17) is 19.2 Å². The third-order valence-corrected chi connectivity index (χ3v) is 5.03. The number of aromatic nitrogens is 1. The lowest BCUT2D eigenvalue weighted by Gasteiger charge is -2.15. The highest BCUT2D eigenvalue weighted by Gasteiger charge is 2.12. The Kier molecular flexibility index (Phi) is 6.68. The fraction of sp³-hybridized carbons (Fsp3) is 0.286.